The van der Waals surface area contributed by atoms with E-state index < -0.39 is 17.9 Å². The van der Waals surface area contributed by atoms with Crippen LogP contribution in [0, 0.1) is 12.8 Å². The van der Waals surface area contributed by atoms with Crippen molar-refractivity contribution in [2.24, 2.45) is 5.92 Å². The number of fused-ring (bicyclic) bond motifs is 1. The molecule has 1 aromatic carbocycles. The van der Waals surface area contributed by atoms with Crippen LogP contribution >= 0.6 is 0 Å². The van der Waals surface area contributed by atoms with Gasteiger partial charge in [0.05, 0.1) is 5.69 Å². The predicted octanol–water partition coefficient (Wildman–Crippen LogP) is 2.90. The zero-order chi connectivity index (χ0) is 18.8. The van der Waals surface area contributed by atoms with E-state index in [9.17, 15) is 14.7 Å². The van der Waals surface area contributed by atoms with Gasteiger partial charge in [-0.2, -0.15) is 5.10 Å². The average molecular weight is 355 g/mol. The lowest BCUT2D eigenvalue weighted by Crippen LogP contribution is -2.45. The Bertz CT molecular complexity index is 824. The number of aryl methyl sites for hydroxylation is 1. The third-order valence-corrected chi connectivity index (χ3v) is 5.19. The summed E-state index contributed by atoms with van der Waals surface area (Å²) in [6, 6.07) is 7.10. The minimum Gasteiger partial charge on any atom is -0.480 e. The fraction of sp³-hybridized carbons (Fsp3) is 0.450. The average Bonchev–Trinajstić information content (AvgIpc) is 3.22. The number of benzene rings is 1. The van der Waals surface area contributed by atoms with E-state index >= 15 is 0 Å². The molecule has 2 atom stereocenters. The lowest BCUT2D eigenvalue weighted by molar-refractivity contribution is -0.140. The number of amides is 1. The maximum absolute atomic E-state index is 12.8. The number of carbonyl (C=O) groups excluding carboxylic acids is 1. The van der Waals surface area contributed by atoms with Gasteiger partial charge >= 0.3 is 5.97 Å². The summed E-state index contributed by atoms with van der Waals surface area (Å²) < 4.78 is 1.83. The molecule has 6 heteroatoms. The van der Waals surface area contributed by atoms with Gasteiger partial charge in [-0.3, -0.25) is 4.79 Å². The number of nitrogens with zero attached hydrogens (tertiary/aromatic N) is 2. The van der Waals surface area contributed by atoms with Crippen LogP contribution in [-0.4, -0.2) is 32.8 Å². The summed E-state index contributed by atoms with van der Waals surface area (Å²) in [6.07, 6.45) is 3.32. The summed E-state index contributed by atoms with van der Waals surface area (Å²) >= 11 is 0. The van der Waals surface area contributed by atoms with Crippen molar-refractivity contribution in [1.82, 2.24) is 15.1 Å². The zero-order valence-corrected chi connectivity index (χ0v) is 15.5. The first-order valence-electron chi connectivity index (χ1n) is 9.13. The van der Waals surface area contributed by atoms with Gasteiger partial charge in [0.25, 0.3) is 5.91 Å². The van der Waals surface area contributed by atoms with E-state index in [-0.39, 0.29) is 5.92 Å². The first-order valence-corrected chi connectivity index (χ1v) is 9.13. The highest BCUT2D eigenvalue weighted by atomic mass is 16.4. The molecule has 0 aliphatic heterocycles. The highest BCUT2D eigenvalue weighted by Crippen LogP contribution is 2.28. The molecule has 2 unspecified atom stereocenters. The number of aromatic nitrogens is 2. The van der Waals surface area contributed by atoms with Crippen molar-refractivity contribution >= 4 is 11.9 Å². The summed E-state index contributed by atoms with van der Waals surface area (Å²) in [4.78, 5) is 24.3. The van der Waals surface area contributed by atoms with E-state index in [4.69, 9.17) is 0 Å². The van der Waals surface area contributed by atoms with Crippen LogP contribution in [0.3, 0.4) is 0 Å². The van der Waals surface area contributed by atoms with Gasteiger partial charge in [-0.05, 0) is 44.2 Å². The summed E-state index contributed by atoms with van der Waals surface area (Å²) in [7, 11) is 0. The van der Waals surface area contributed by atoms with Crippen molar-refractivity contribution in [1.29, 1.82) is 0 Å². The second kappa shape index (κ2) is 7.32. The third-order valence-electron chi connectivity index (χ3n) is 5.19. The molecule has 2 N–H and O–H groups in total. The molecule has 0 spiro atoms. The SMILES string of the molecule is CCC(C)C(NC(=O)c1nn(-c2ccc(C)cc2)c2c1CCC2)C(=O)O. The third kappa shape index (κ3) is 3.36. The highest BCUT2D eigenvalue weighted by Gasteiger charge is 2.31. The van der Waals surface area contributed by atoms with Gasteiger partial charge in [-0.1, -0.05) is 38.0 Å². The molecule has 1 aliphatic rings. The van der Waals surface area contributed by atoms with Gasteiger partial charge in [0.1, 0.15) is 6.04 Å². The van der Waals surface area contributed by atoms with Crippen LogP contribution in [0.5, 0.6) is 0 Å². The second-order valence-electron chi connectivity index (χ2n) is 7.05. The number of hydrogen-bond donors (Lipinski definition) is 2. The standard InChI is InChI=1S/C20H25N3O3/c1-4-13(3)17(20(25)26)21-19(24)18-15-6-5-7-16(15)23(22-18)14-10-8-12(2)9-11-14/h8-11,13,17H,4-7H2,1-3H3,(H,21,24)(H,25,26). The normalized spacial score (nSPS) is 15.3. The van der Waals surface area contributed by atoms with Crippen molar-refractivity contribution in [3.63, 3.8) is 0 Å². The van der Waals surface area contributed by atoms with E-state index in [1.54, 1.807) is 0 Å². The minimum atomic E-state index is -1.01. The number of hydrogen-bond acceptors (Lipinski definition) is 3. The Morgan fingerprint density at radius 2 is 1.96 bits per heavy atom. The number of carbonyl (C=O) groups is 2. The van der Waals surface area contributed by atoms with Crippen molar-refractivity contribution in [3.05, 3.63) is 46.8 Å². The molecule has 1 amide bonds. The first-order chi connectivity index (χ1) is 12.4. The molecule has 138 valence electrons. The number of nitrogens with one attached hydrogen (secondary N) is 1. The molecule has 0 fully saturated rings. The van der Waals surface area contributed by atoms with Crippen molar-refractivity contribution in [3.8, 4) is 5.69 Å². The van der Waals surface area contributed by atoms with Crippen LogP contribution in [0.1, 0.15) is 54.0 Å². The van der Waals surface area contributed by atoms with Crippen molar-refractivity contribution in [2.45, 2.75) is 52.5 Å². The zero-order valence-electron chi connectivity index (χ0n) is 15.5. The molecule has 1 aliphatic carbocycles. The minimum absolute atomic E-state index is 0.149. The summed E-state index contributed by atoms with van der Waals surface area (Å²) in [5.74, 6) is -1.56. The molecule has 0 saturated heterocycles. The van der Waals surface area contributed by atoms with Gasteiger partial charge in [-0.25, -0.2) is 9.48 Å². The molecular formula is C20H25N3O3. The Balaban J connectivity index is 1.93. The van der Waals surface area contributed by atoms with E-state index in [1.165, 1.54) is 0 Å². The highest BCUT2D eigenvalue weighted by molar-refractivity contribution is 5.96. The van der Waals surface area contributed by atoms with E-state index in [1.807, 2.05) is 49.7 Å². The molecule has 0 radical (unpaired) electrons. The van der Waals surface area contributed by atoms with Crippen LogP contribution in [0.15, 0.2) is 24.3 Å². The van der Waals surface area contributed by atoms with Crippen LogP contribution in [0.25, 0.3) is 5.69 Å². The summed E-state index contributed by atoms with van der Waals surface area (Å²) in [5.41, 5.74) is 4.43. The second-order valence-corrected chi connectivity index (χ2v) is 7.05. The number of aliphatic carboxylic acids is 1. The van der Waals surface area contributed by atoms with Crippen LogP contribution in [0.2, 0.25) is 0 Å². The maximum atomic E-state index is 12.8. The van der Waals surface area contributed by atoms with Crippen LogP contribution in [-0.2, 0) is 17.6 Å². The van der Waals surface area contributed by atoms with Crippen LogP contribution in [0.4, 0.5) is 0 Å². The fourth-order valence-corrected chi connectivity index (χ4v) is 3.41. The largest absolute Gasteiger partial charge is 0.480 e. The molecule has 2 aromatic rings. The van der Waals surface area contributed by atoms with Crippen molar-refractivity contribution < 1.29 is 14.7 Å². The number of carboxylic acid groups (broad SMARTS) is 1. The van der Waals surface area contributed by atoms with Gasteiger partial charge in [0, 0.05) is 11.3 Å². The first kappa shape index (κ1) is 18.2. The Morgan fingerprint density at radius 3 is 2.58 bits per heavy atom. The summed E-state index contributed by atoms with van der Waals surface area (Å²) in [6.45, 7) is 5.77. The van der Waals surface area contributed by atoms with Gasteiger partial charge in [0.15, 0.2) is 5.69 Å². The topological polar surface area (TPSA) is 84.2 Å². The Hall–Kier alpha value is -2.63. The molecule has 0 bridgehead atoms. The Kier molecular flexibility index (Phi) is 5.11. The van der Waals surface area contributed by atoms with Gasteiger partial charge < -0.3 is 10.4 Å². The van der Waals surface area contributed by atoms with Gasteiger partial charge in [0.2, 0.25) is 0 Å². The van der Waals surface area contributed by atoms with Crippen LogP contribution < -0.4 is 5.32 Å². The molecule has 3 rings (SSSR count). The quantitative estimate of drug-likeness (QED) is 0.834. The molecule has 1 heterocycles. The monoisotopic (exact) mass is 355 g/mol. The van der Waals surface area contributed by atoms with E-state index in [0.29, 0.717) is 12.1 Å². The predicted molar refractivity (Wildman–Crippen MR) is 98.7 cm³/mol. The number of carboxylic acids is 1. The van der Waals surface area contributed by atoms with Crippen molar-refractivity contribution in [2.75, 3.05) is 0 Å². The van der Waals surface area contributed by atoms with E-state index in [2.05, 4.69) is 10.4 Å². The lowest BCUT2D eigenvalue weighted by atomic mass is 9.99. The molecule has 0 saturated carbocycles. The smallest absolute Gasteiger partial charge is 0.326 e. The summed E-state index contributed by atoms with van der Waals surface area (Å²) in [5, 5.41) is 16.6. The molecule has 6 nitrogen and oxygen atoms in total. The maximum Gasteiger partial charge on any atom is 0.326 e. The Morgan fingerprint density at radius 1 is 1.27 bits per heavy atom. The fourth-order valence-electron chi connectivity index (χ4n) is 3.41. The van der Waals surface area contributed by atoms with Gasteiger partial charge in [-0.15, -0.1) is 0 Å². The molecular weight excluding hydrogens is 330 g/mol. The molecule has 26 heavy (non-hydrogen) atoms. The molecule has 1 aromatic heterocycles. The van der Waals surface area contributed by atoms with E-state index in [0.717, 1.165) is 41.8 Å². The Labute approximate surface area is 153 Å². The lowest BCUT2D eigenvalue weighted by Gasteiger charge is -2.19. The number of rotatable bonds is 6.